The zero-order valence-corrected chi connectivity index (χ0v) is 14.3. The van der Waals surface area contributed by atoms with Gasteiger partial charge in [-0.1, -0.05) is 36.4 Å². The maximum atomic E-state index is 12.5. The van der Waals surface area contributed by atoms with Crippen molar-refractivity contribution in [3.63, 3.8) is 0 Å². The summed E-state index contributed by atoms with van der Waals surface area (Å²) in [6.45, 7) is 2.64. The molecular formula is C19H20N4O3. The van der Waals surface area contributed by atoms with Crippen LogP contribution in [0.2, 0.25) is 0 Å². The van der Waals surface area contributed by atoms with Crippen molar-refractivity contribution in [1.29, 1.82) is 0 Å². The van der Waals surface area contributed by atoms with Crippen molar-refractivity contribution in [2.75, 3.05) is 31.1 Å². The van der Waals surface area contributed by atoms with E-state index in [9.17, 15) is 9.59 Å². The van der Waals surface area contributed by atoms with E-state index in [4.69, 9.17) is 5.11 Å². The predicted molar refractivity (Wildman–Crippen MR) is 99.9 cm³/mol. The quantitative estimate of drug-likeness (QED) is 0.757. The first-order chi connectivity index (χ1) is 12.6. The molecule has 7 nitrogen and oxygen atoms in total. The Kier molecular flexibility index (Phi) is 4.12. The summed E-state index contributed by atoms with van der Waals surface area (Å²) in [6, 6.07) is 15.7. The molecule has 0 atom stereocenters. The zero-order valence-electron chi connectivity index (χ0n) is 14.3. The van der Waals surface area contributed by atoms with Crippen LogP contribution in [0.1, 0.15) is 5.56 Å². The molecule has 3 aromatic rings. The normalized spacial score (nSPS) is 14.8. The van der Waals surface area contributed by atoms with Crippen LogP contribution in [0.15, 0.2) is 53.3 Å². The van der Waals surface area contributed by atoms with Crippen LogP contribution in [0.3, 0.4) is 0 Å². The lowest BCUT2D eigenvalue weighted by Gasteiger charge is -2.34. The fraction of sp³-hybridized carbons (Fsp3) is 0.263. The van der Waals surface area contributed by atoms with Crippen LogP contribution >= 0.6 is 0 Å². The molecule has 1 aliphatic heterocycles. The monoisotopic (exact) mass is 352 g/mol. The molecule has 2 N–H and O–H groups in total. The van der Waals surface area contributed by atoms with Crippen molar-refractivity contribution in [1.82, 2.24) is 14.5 Å². The summed E-state index contributed by atoms with van der Waals surface area (Å²) in [7, 11) is 0. The molecular weight excluding hydrogens is 332 g/mol. The number of nitrogens with zero attached hydrogens (tertiary/aromatic N) is 3. The smallest absolute Gasteiger partial charge is 0.407 e. The van der Waals surface area contributed by atoms with E-state index >= 15 is 0 Å². The molecule has 0 saturated carbocycles. The minimum Gasteiger partial charge on any atom is -0.465 e. The Morgan fingerprint density at radius 1 is 1.00 bits per heavy atom. The van der Waals surface area contributed by atoms with Crippen LogP contribution < -0.4 is 10.6 Å². The van der Waals surface area contributed by atoms with E-state index in [1.165, 1.54) is 4.90 Å². The van der Waals surface area contributed by atoms with Crippen molar-refractivity contribution in [3.05, 3.63) is 64.6 Å². The molecule has 0 spiro atoms. The number of H-pyrrole nitrogens is 1. The maximum absolute atomic E-state index is 12.5. The Balaban J connectivity index is 1.67. The first kappa shape index (κ1) is 16.3. The summed E-state index contributed by atoms with van der Waals surface area (Å²) in [5, 5.41) is 9.10. The van der Waals surface area contributed by atoms with Gasteiger partial charge in [-0.3, -0.25) is 4.57 Å². The lowest BCUT2D eigenvalue weighted by Crippen LogP contribution is -2.48. The second-order valence-electron chi connectivity index (χ2n) is 6.43. The molecule has 7 heteroatoms. The van der Waals surface area contributed by atoms with Gasteiger partial charge >= 0.3 is 11.8 Å². The Labute approximate surface area is 150 Å². The summed E-state index contributed by atoms with van der Waals surface area (Å²) in [5.74, 6) is 0. The number of anilines is 1. The number of aromatic nitrogens is 2. The number of fused-ring (bicyclic) bond motifs is 1. The third kappa shape index (κ3) is 2.92. The molecule has 134 valence electrons. The highest BCUT2D eigenvalue weighted by Gasteiger charge is 2.22. The van der Waals surface area contributed by atoms with Gasteiger partial charge in [-0.15, -0.1) is 0 Å². The van der Waals surface area contributed by atoms with E-state index < -0.39 is 6.09 Å². The lowest BCUT2D eigenvalue weighted by atomic mass is 10.2. The van der Waals surface area contributed by atoms with Gasteiger partial charge in [0.1, 0.15) is 0 Å². The van der Waals surface area contributed by atoms with Crippen molar-refractivity contribution >= 4 is 22.8 Å². The Bertz CT molecular complexity index is 985. The second kappa shape index (κ2) is 6.59. The highest BCUT2D eigenvalue weighted by atomic mass is 16.4. The van der Waals surface area contributed by atoms with Gasteiger partial charge in [-0.2, -0.15) is 0 Å². The fourth-order valence-corrected chi connectivity index (χ4v) is 3.49. The van der Waals surface area contributed by atoms with E-state index in [1.807, 2.05) is 48.5 Å². The molecule has 0 aliphatic carbocycles. The molecule has 1 amide bonds. The Hall–Kier alpha value is -3.22. The largest absolute Gasteiger partial charge is 0.465 e. The van der Waals surface area contributed by atoms with Crippen LogP contribution in [-0.4, -0.2) is 51.8 Å². The van der Waals surface area contributed by atoms with Crippen molar-refractivity contribution in [2.24, 2.45) is 0 Å². The number of rotatable bonds is 3. The van der Waals surface area contributed by atoms with E-state index in [0.717, 1.165) is 22.3 Å². The number of nitrogens with one attached hydrogen (secondary N) is 1. The molecule has 0 unspecified atom stereocenters. The number of carboxylic acid groups (broad SMARTS) is 1. The van der Waals surface area contributed by atoms with E-state index in [1.54, 1.807) is 4.57 Å². The average Bonchev–Trinajstić information content (AvgIpc) is 2.98. The zero-order chi connectivity index (χ0) is 18.1. The third-order valence-electron chi connectivity index (χ3n) is 4.86. The SMILES string of the molecule is O=C(O)N1CCN(c2cccc3c2[nH]c(=O)n3Cc2ccccc2)CC1. The molecule has 26 heavy (non-hydrogen) atoms. The average molecular weight is 352 g/mol. The summed E-state index contributed by atoms with van der Waals surface area (Å²) in [5.41, 5.74) is 3.53. The highest BCUT2D eigenvalue weighted by molar-refractivity contribution is 5.89. The van der Waals surface area contributed by atoms with Gasteiger partial charge in [0.25, 0.3) is 0 Å². The molecule has 4 rings (SSSR count). The van der Waals surface area contributed by atoms with Gasteiger partial charge in [0.2, 0.25) is 0 Å². The number of imidazole rings is 1. The van der Waals surface area contributed by atoms with Crippen LogP contribution in [0.4, 0.5) is 10.5 Å². The number of piperazine rings is 1. The molecule has 0 bridgehead atoms. The Morgan fingerprint density at radius 2 is 1.73 bits per heavy atom. The maximum Gasteiger partial charge on any atom is 0.407 e. The van der Waals surface area contributed by atoms with Gasteiger partial charge in [0.15, 0.2) is 0 Å². The van der Waals surface area contributed by atoms with Gasteiger partial charge in [-0.05, 0) is 17.7 Å². The molecule has 1 fully saturated rings. The first-order valence-corrected chi connectivity index (χ1v) is 8.62. The van der Waals surface area contributed by atoms with Gasteiger partial charge in [0.05, 0.1) is 23.3 Å². The summed E-state index contributed by atoms with van der Waals surface area (Å²) in [4.78, 5) is 30.1. The topological polar surface area (TPSA) is 81.6 Å². The molecule has 0 radical (unpaired) electrons. The lowest BCUT2D eigenvalue weighted by molar-refractivity contribution is 0.142. The number of para-hydroxylation sites is 1. The number of aromatic amines is 1. The van der Waals surface area contributed by atoms with Crippen molar-refractivity contribution in [3.8, 4) is 0 Å². The van der Waals surface area contributed by atoms with E-state index in [2.05, 4.69) is 9.88 Å². The van der Waals surface area contributed by atoms with Gasteiger partial charge < -0.3 is 19.9 Å². The Morgan fingerprint density at radius 3 is 2.42 bits per heavy atom. The standard InChI is InChI=1S/C19H20N4O3/c24-18-20-17-15(21-9-11-22(12-10-21)19(25)26)7-4-8-16(17)23(18)13-14-5-2-1-3-6-14/h1-8H,9-13H2,(H,20,24)(H,25,26). The van der Waals surface area contributed by atoms with Gasteiger partial charge in [0, 0.05) is 26.2 Å². The summed E-state index contributed by atoms with van der Waals surface area (Å²) in [6.07, 6.45) is -0.884. The predicted octanol–water partition coefficient (Wildman–Crippen LogP) is 2.18. The van der Waals surface area contributed by atoms with Crippen LogP contribution in [0.5, 0.6) is 0 Å². The number of benzene rings is 2. The van der Waals surface area contributed by atoms with Crippen LogP contribution in [0.25, 0.3) is 11.0 Å². The van der Waals surface area contributed by atoms with Crippen LogP contribution in [0, 0.1) is 0 Å². The second-order valence-corrected chi connectivity index (χ2v) is 6.43. The molecule has 1 aromatic heterocycles. The number of carbonyl (C=O) groups is 1. The molecule has 1 saturated heterocycles. The minimum absolute atomic E-state index is 0.138. The third-order valence-corrected chi connectivity index (χ3v) is 4.86. The summed E-state index contributed by atoms with van der Waals surface area (Å²) < 4.78 is 1.74. The fourth-order valence-electron chi connectivity index (χ4n) is 3.49. The first-order valence-electron chi connectivity index (χ1n) is 8.62. The minimum atomic E-state index is -0.884. The van der Waals surface area contributed by atoms with E-state index in [0.29, 0.717) is 32.7 Å². The molecule has 2 aromatic carbocycles. The molecule has 1 aliphatic rings. The van der Waals surface area contributed by atoms with E-state index in [-0.39, 0.29) is 5.69 Å². The number of hydrogen-bond donors (Lipinski definition) is 2. The van der Waals surface area contributed by atoms with Crippen LogP contribution in [-0.2, 0) is 6.54 Å². The highest BCUT2D eigenvalue weighted by Crippen LogP contribution is 2.26. The summed E-state index contributed by atoms with van der Waals surface area (Å²) >= 11 is 0. The number of amides is 1. The van der Waals surface area contributed by atoms with Crippen molar-refractivity contribution < 1.29 is 9.90 Å². The molecule has 2 heterocycles. The van der Waals surface area contributed by atoms with Gasteiger partial charge in [-0.25, -0.2) is 9.59 Å². The number of hydrogen-bond acceptors (Lipinski definition) is 3. The van der Waals surface area contributed by atoms with Crippen molar-refractivity contribution in [2.45, 2.75) is 6.54 Å².